The second-order valence-electron chi connectivity index (χ2n) is 4.65. The number of ether oxygens (including phenoxy) is 2. The minimum Gasteiger partial charge on any atom is -0.494 e. The van der Waals surface area contributed by atoms with Crippen molar-refractivity contribution in [3.8, 4) is 11.5 Å². The summed E-state index contributed by atoms with van der Waals surface area (Å²) < 4.78 is 10.9. The van der Waals surface area contributed by atoms with E-state index in [1.807, 2.05) is 31.2 Å². The van der Waals surface area contributed by atoms with Crippen molar-refractivity contribution in [3.05, 3.63) is 53.6 Å². The quantitative estimate of drug-likeness (QED) is 0.754. The second kappa shape index (κ2) is 8.90. The minimum absolute atomic E-state index is 0.298. The molecule has 0 spiro atoms. The molecular weight excluding hydrogens is 316 g/mol. The maximum atomic E-state index is 11.8. The maximum absolute atomic E-state index is 11.8. The average Bonchev–Trinajstić information content (AvgIpc) is 2.52. The molecule has 0 radical (unpaired) electrons. The van der Waals surface area contributed by atoms with Crippen molar-refractivity contribution in [2.24, 2.45) is 0 Å². The maximum Gasteiger partial charge on any atom is 0.319 e. The molecule has 122 valence electrons. The van der Waals surface area contributed by atoms with Crippen LogP contribution < -0.4 is 20.1 Å². The summed E-state index contributed by atoms with van der Waals surface area (Å²) in [6, 6.07) is 14.0. The van der Waals surface area contributed by atoms with Gasteiger partial charge in [0.2, 0.25) is 0 Å². The fraction of sp³-hybridized carbons (Fsp3) is 0.235. The Morgan fingerprint density at radius 2 is 1.83 bits per heavy atom. The minimum atomic E-state index is -0.298. The molecule has 2 N–H and O–H groups in total. The van der Waals surface area contributed by atoms with Crippen molar-refractivity contribution < 1.29 is 14.3 Å². The Bertz CT molecular complexity index is 649. The summed E-state index contributed by atoms with van der Waals surface area (Å²) in [5.41, 5.74) is 0.671. The molecular formula is C17H19ClN2O3. The lowest BCUT2D eigenvalue weighted by atomic mass is 10.3. The fourth-order valence-electron chi connectivity index (χ4n) is 1.90. The van der Waals surface area contributed by atoms with Gasteiger partial charge in [0.1, 0.15) is 18.1 Å². The first kappa shape index (κ1) is 17.0. The molecule has 6 heteroatoms. The molecule has 0 aliphatic heterocycles. The molecule has 0 saturated heterocycles. The Morgan fingerprint density at radius 3 is 2.57 bits per heavy atom. The number of anilines is 1. The number of benzene rings is 2. The van der Waals surface area contributed by atoms with E-state index in [0.29, 0.717) is 36.2 Å². The summed E-state index contributed by atoms with van der Waals surface area (Å²) in [6.07, 6.45) is 0. The van der Waals surface area contributed by atoms with Gasteiger partial charge < -0.3 is 20.1 Å². The first-order valence-corrected chi connectivity index (χ1v) is 7.71. The average molecular weight is 335 g/mol. The lowest BCUT2D eigenvalue weighted by Gasteiger charge is -2.10. The third kappa shape index (κ3) is 6.08. The van der Waals surface area contributed by atoms with Gasteiger partial charge in [-0.1, -0.05) is 23.7 Å². The summed E-state index contributed by atoms with van der Waals surface area (Å²) in [4.78, 5) is 11.8. The van der Waals surface area contributed by atoms with Crippen LogP contribution in [-0.2, 0) is 0 Å². The molecule has 0 unspecified atom stereocenters. The highest BCUT2D eigenvalue weighted by molar-refractivity contribution is 6.30. The Balaban J connectivity index is 1.71. The molecule has 0 saturated carbocycles. The van der Waals surface area contributed by atoms with Crippen LogP contribution in [0.2, 0.25) is 5.02 Å². The van der Waals surface area contributed by atoms with E-state index in [-0.39, 0.29) is 6.03 Å². The van der Waals surface area contributed by atoms with Gasteiger partial charge in [0.25, 0.3) is 0 Å². The molecule has 2 aromatic carbocycles. The van der Waals surface area contributed by atoms with Gasteiger partial charge in [-0.15, -0.1) is 0 Å². The number of nitrogens with one attached hydrogen (secondary N) is 2. The summed E-state index contributed by atoms with van der Waals surface area (Å²) in [6.45, 7) is 3.22. The standard InChI is InChI=1S/C17H19ClN2O3/c1-2-22-16-8-4-6-14(12-16)20-17(21)19-9-10-23-15-7-3-5-13(18)11-15/h3-8,11-12H,2,9-10H2,1H3,(H2,19,20,21). The van der Waals surface area contributed by atoms with Gasteiger partial charge in [-0.3, -0.25) is 0 Å². The number of hydrogen-bond acceptors (Lipinski definition) is 3. The predicted octanol–water partition coefficient (Wildman–Crippen LogP) is 3.94. The first-order chi connectivity index (χ1) is 11.2. The van der Waals surface area contributed by atoms with Crippen LogP contribution >= 0.6 is 11.6 Å². The van der Waals surface area contributed by atoms with E-state index in [1.165, 1.54) is 0 Å². The Labute approximate surface area is 140 Å². The summed E-state index contributed by atoms with van der Waals surface area (Å²) in [7, 11) is 0. The van der Waals surface area contributed by atoms with E-state index in [9.17, 15) is 4.79 Å². The smallest absolute Gasteiger partial charge is 0.319 e. The van der Waals surface area contributed by atoms with Crippen LogP contribution in [0.4, 0.5) is 10.5 Å². The van der Waals surface area contributed by atoms with Gasteiger partial charge in [-0.25, -0.2) is 4.79 Å². The molecule has 2 amide bonds. The van der Waals surface area contributed by atoms with Crippen LogP contribution in [0, 0.1) is 0 Å². The van der Waals surface area contributed by atoms with Crippen LogP contribution in [-0.4, -0.2) is 25.8 Å². The highest BCUT2D eigenvalue weighted by atomic mass is 35.5. The molecule has 23 heavy (non-hydrogen) atoms. The van der Waals surface area contributed by atoms with Crippen molar-refractivity contribution in [2.75, 3.05) is 25.1 Å². The van der Waals surface area contributed by atoms with Gasteiger partial charge in [-0.2, -0.15) is 0 Å². The van der Waals surface area contributed by atoms with Crippen molar-refractivity contribution in [1.82, 2.24) is 5.32 Å². The third-order valence-corrected chi connectivity index (χ3v) is 3.09. The number of carbonyl (C=O) groups excluding carboxylic acids is 1. The molecule has 0 aliphatic rings. The van der Waals surface area contributed by atoms with Gasteiger partial charge in [0, 0.05) is 16.8 Å². The molecule has 0 aliphatic carbocycles. The van der Waals surface area contributed by atoms with Gasteiger partial charge in [-0.05, 0) is 37.3 Å². The topological polar surface area (TPSA) is 59.6 Å². The number of halogens is 1. The Kier molecular flexibility index (Phi) is 6.56. The van der Waals surface area contributed by atoms with Gasteiger partial charge >= 0.3 is 6.03 Å². The van der Waals surface area contributed by atoms with E-state index in [2.05, 4.69) is 10.6 Å². The number of urea groups is 1. The normalized spacial score (nSPS) is 10.0. The summed E-state index contributed by atoms with van der Waals surface area (Å²) in [5, 5.41) is 6.07. The fourth-order valence-corrected chi connectivity index (χ4v) is 2.08. The third-order valence-electron chi connectivity index (χ3n) is 2.86. The Morgan fingerprint density at radius 1 is 1.09 bits per heavy atom. The van der Waals surface area contributed by atoms with Crippen molar-refractivity contribution in [2.45, 2.75) is 6.92 Å². The SMILES string of the molecule is CCOc1cccc(NC(=O)NCCOc2cccc(Cl)c2)c1. The van der Waals surface area contributed by atoms with Crippen LogP contribution in [0.5, 0.6) is 11.5 Å². The monoisotopic (exact) mass is 334 g/mol. The molecule has 2 aromatic rings. The first-order valence-electron chi connectivity index (χ1n) is 7.33. The molecule has 0 atom stereocenters. The highest BCUT2D eigenvalue weighted by Crippen LogP contribution is 2.17. The van der Waals surface area contributed by atoms with Crippen molar-refractivity contribution in [3.63, 3.8) is 0 Å². The molecule has 0 aromatic heterocycles. The summed E-state index contributed by atoms with van der Waals surface area (Å²) in [5.74, 6) is 1.39. The van der Waals surface area contributed by atoms with E-state index in [4.69, 9.17) is 21.1 Å². The molecule has 5 nitrogen and oxygen atoms in total. The van der Waals surface area contributed by atoms with Crippen LogP contribution in [0.25, 0.3) is 0 Å². The number of hydrogen-bond donors (Lipinski definition) is 2. The van der Waals surface area contributed by atoms with Crippen LogP contribution in [0.3, 0.4) is 0 Å². The van der Waals surface area contributed by atoms with E-state index in [1.54, 1.807) is 24.3 Å². The van der Waals surface area contributed by atoms with E-state index in [0.717, 1.165) is 5.75 Å². The van der Waals surface area contributed by atoms with Crippen molar-refractivity contribution >= 4 is 23.3 Å². The zero-order valence-corrected chi connectivity index (χ0v) is 13.6. The number of carbonyl (C=O) groups is 1. The zero-order chi connectivity index (χ0) is 16.5. The molecule has 0 heterocycles. The van der Waals surface area contributed by atoms with E-state index < -0.39 is 0 Å². The lowest BCUT2D eigenvalue weighted by molar-refractivity contribution is 0.247. The Hall–Kier alpha value is -2.40. The van der Waals surface area contributed by atoms with Crippen molar-refractivity contribution in [1.29, 1.82) is 0 Å². The van der Waals surface area contributed by atoms with Crippen LogP contribution in [0.1, 0.15) is 6.92 Å². The van der Waals surface area contributed by atoms with Gasteiger partial charge in [0.15, 0.2) is 0 Å². The largest absolute Gasteiger partial charge is 0.494 e. The predicted molar refractivity (Wildman–Crippen MR) is 91.6 cm³/mol. The van der Waals surface area contributed by atoms with Gasteiger partial charge in [0.05, 0.1) is 13.2 Å². The molecule has 2 rings (SSSR count). The van der Waals surface area contributed by atoms with E-state index >= 15 is 0 Å². The molecule has 0 bridgehead atoms. The second-order valence-corrected chi connectivity index (χ2v) is 5.08. The number of rotatable bonds is 7. The molecule has 0 fully saturated rings. The number of amides is 2. The highest BCUT2D eigenvalue weighted by Gasteiger charge is 2.02. The van der Waals surface area contributed by atoms with Crippen LogP contribution in [0.15, 0.2) is 48.5 Å². The summed E-state index contributed by atoms with van der Waals surface area (Å²) >= 11 is 5.86. The zero-order valence-electron chi connectivity index (χ0n) is 12.8. The lowest BCUT2D eigenvalue weighted by Crippen LogP contribution is -2.32.